The van der Waals surface area contributed by atoms with Crippen LogP contribution < -0.4 is 25.2 Å². The first-order valence-electron chi connectivity index (χ1n) is 16.4. The molecule has 0 bridgehead atoms. The fourth-order valence-electron chi connectivity index (χ4n) is 6.68. The van der Waals surface area contributed by atoms with Crippen LogP contribution in [-0.2, 0) is 22.9 Å². The maximum atomic E-state index is 14.1. The normalized spacial score (nSPS) is 16.9. The van der Waals surface area contributed by atoms with Gasteiger partial charge >= 0.3 is 6.18 Å². The zero-order chi connectivity index (χ0) is 34.6. The zero-order valence-electron chi connectivity index (χ0n) is 28.7. The number of hydrogen-bond donors (Lipinski definition) is 2. The summed E-state index contributed by atoms with van der Waals surface area (Å²) in [7, 11) is 7.46. The lowest BCUT2D eigenvalue weighted by Gasteiger charge is -2.43. The number of anilines is 5. The van der Waals surface area contributed by atoms with Crippen molar-refractivity contribution < 1.29 is 22.7 Å². The Hall–Kier alpha value is -4.10. The van der Waals surface area contributed by atoms with Gasteiger partial charge in [-0.15, -0.1) is 0 Å². The number of aromatic nitrogens is 2. The third kappa shape index (κ3) is 7.95. The van der Waals surface area contributed by atoms with Crippen LogP contribution in [0.2, 0.25) is 0 Å². The number of carbonyl (C=O) groups is 1. The number of likely N-dealkylation sites (tertiary alicyclic amines) is 1. The van der Waals surface area contributed by atoms with E-state index in [0.717, 1.165) is 68.7 Å². The molecule has 0 atom stereocenters. The molecular formula is C35H47F3N8O2. The molecule has 2 aromatic carbocycles. The number of rotatable bonds is 11. The maximum absolute atomic E-state index is 14.1. The van der Waals surface area contributed by atoms with E-state index in [1.807, 2.05) is 49.3 Å². The summed E-state index contributed by atoms with van der Waals surface area (Å²) in [6, 6.07) is 11.9. The first-order chi connectivity index (χ1) is 22.8. The van der Waals surface area contributed by atoms with Gasteiger partial charge in [-0.2, -0.15) is 18.2 Å². The Balaban J connectivity index is 1.33. The van der Waals surface area contributed by atoms with E-state index in [4.69, 9.17) is 4.74 Å². The van der Waals surface area contributed by atoms with E-state index in [-0.39, 0.29) is 18.3 Å². The first kappa shape index (κ1) is 35.2. The van der Waals surface area contributed by atoms with Crippen molar-refractivity contribution in [3.63, 3.8) is 0 Å². The monoisotopic (exact) mass is 668 g/mol. The minimum atomic E-state index is -4.69. The SMILES string of the molecule is COc1cc(N2CCN(C3CCN(C)CC3)CC2)ccc1Nc1ncc(C(F)(F)F)c(NCc2cccc(N(C)C)c2C(C)(C)C=O)n1. The molecule has 3 heterocycles. The number of piperidine rings is 1. The van der Waals surface area contributed by atoms with Crippen molar-refractivity contribution in [3.8, 4) is 5.75 Å². The van der Waals surface area contributed by atoms with Crippen molar-refractivity contribution in [3.05, 3.63) is 59.3 Å². The zero-order valence-corrected chi connectivity index (χ0v) is 28.7. The van der Waals surface area contributed by atoms with E-state index >= 15 is 0 Å². The smallest absolute Gasteiger partial charge is 0.421 e. The van der Waals surface area contributed by atoms with Gasteiger partial charge in [0.1, 0.15) is 23.4 Å². The summed E-state index contributed by atoms with van der Waals surface area (Å²) >= 11 is 0. The number of nitrogens with one attached hydrogen (secondary N) is 2. The number of nitrogens with zero attached hydrogens (tertiary/aromatic N) is 6. The molecule has 1 aromatic heterocycles. The maximum Gasteiger partial charge on any atom is 0.421 e. The quantitative estimate of drug-likeness (QED) is 0.251. The summed E-state index contributed by atoms with van der Waals surface area (Å²) in [6.07, 6.45) is -0.654. The molecule has 0 saturated carbocycles. The van der Waals surface area contributed by atoms with Gasteiger partial charge in [0.05, 0.1) is 12.8 Å². The minimum Gasteiger partial charge on any atom is -0.494 e. The number of carbonyl (C=O) groups excluding carboxylic acids is 1. The van der Waals surface area contributed by atoms with Crippen molar-refractivity contribution in [1.29, 1.82) is 0 Å². The fraction of sp³-hybridized carbons (Fsp3) is 0.514. The largest absolute Gasteiger partial charge is 0.494 e. The number of benzene rings is 2. The van der Waals surface area contributed by atoms with Gasteiger partial charge in [0.2, 0.25) is 5.95 Å². The van der Waals surface area contributed by atoms with Gasteiger partial charge < -0.3 is 34.9 Å². The van der Waals surface area contributed by atoms with Crippen LogP contribution in [0.15, 0.2) is 42.6 Å². The van der Waals surface area contributed by atoms with Crippen molar-refractivity contribution in [2.75, 3.05) is 88.0 Å². The highest BCUT2D eigenvalue weighted by Crippen LogP contribution is 2.38. The molecule has 48 heavy (non-hydrogen) atoms. The van der Waals surface area contributed by atoms with Gasteiger partial charge in [0.25, 0.3) is 0 Å². The molecule has 0 spiro atoms. The van der Waals surface area contributed by atoms with Crippen LogP contribution in [-0.4, -0.2) is 99.6 Å². The topological polar surface area (TPSA) is 89.1 Å². The summed E-state index contributed by atoms with van der Waals surface area (Å²) < 4.78 is 48.0. The van der Waals surface area contributed by atoms with Crippen LogP contribution in [0.3, 0.4) is 0 Å². The molecule has 3 aromatic rings. The highest BCUT2D eigenvalue weighted by Gasteiger charge is 2.36. The lowest BCUT2D eigenvalue weighted by molar-refractivity contribution is -0.137. The van der Waals surface area contributed by atoms with E-state index in [0.29, 0.717) is 23.0 Å². The third-order valence-corrected chi connectivity index (χ3v) is 9.41. The second-order valence-corrected chi connectivity index (χ2v) is 13.4. The van der Waals surface area contributed by atoms with E-state index in [1.165, 1.54) is 12.8 Å². The molecule has 0 unspecified atom stereocenters. The Kier molecular flexibility index (Phi) is 10.7. The molecule has 2 aliphatic rings. The van der Waals surface area contributed by atoms with Crippen molar-refractivity contribution in [2.45, 2.75) is 50.9 Å². The van der Waals surface area contributed by atoms with Crippen molar-refractivity contribution in [2.24, 2.45) is 0 Å². The summed E-state index contributed by atoms with van der Waals surface area (Å²) in [5.41, 5.74) is 1.91. The number of methoxy groups -OCH3 is 1. The Labute approximate surface area is 281 Å². The lowest BCUT2D eigenvalue weighted by Crippen LogP contribution is -2.53. The van der Waals surface area contributed by atoms with Crippen molar-refractivity contribution in [1.82, 2.24) is 19.8 Å². The standard InChI is InChI=1S/C35H47F3N8O2/c1-34(2,23-47)31-24(8-7-9-29(31)43(3)4)21-39-32-27(35(36,37)38)22-40-33(42-32)41-28-11-10-26(20-30(28)48-6)46-18-16-45(17-19-46)25-12-14-44(5)15-13-25/h7-11,20,22-23,25H,12-19,21H2,1-6H3,(H2,39,40,41,42). The van der Waals surface area contributed by atoms with Gasteiger partial charge in [-0.05, 0) is 76.2 Å². The van der Waals surface area contributed by atoms with Crippen LogP contribution in [0.4, 0.5) is 42.0 Å². The van der Waals surface area contributed by atoms with E-state index in [1.54, 1.807) is 27.0 Å². The number of ether oxygens (including phenoxy) is 1. The molecule has 10 nitrogen and oxygen atoms in total. The molecule has 2 N–H and O–H groups in total. The highest BCUT2D eigenvalue weighted by molar-refractivity contribution is 5.75. The second-order valence-electron chi connectivity index (χ2n) is 13.4. The molecule has 2 saturated heterocycles. The van der Waals surface area contributed by atoms with Gasteiger partial charge in [0.15, 0.2) is 0 Å². The van der Waals surface area contributed by atoms with Crippen LogP contribution >= 0.6 is 0 Å². The lowest BCUT2D eigenvalue weighted by atomic mass is 9.81. The Bertz CT molecular complexity index is 1570. The molecule has 0 aliphatic carbocycles. The molecule has 260 valence electrons. The Morgan fingerprint density at radius 2 is 1.75 bits per heavy atom. The van der Waals surface area contributed by atoms with Gasteiger partial charge in [-0.25, -0.2) is 4.98 Å². The molecule has 13 heteroatoms. The average molecular weight is 669 g/mol. The minimum absolute atomic E-state index is 0.0108. The molecule has 0 amide bonds. The number of aldehydes is 1. The van der Waals surface area contributed by atoms with Gasteiger partial charge in [-0.3, -0.25) is 4.90 Å². The summed E-state index contributed by atoms with van der Waals surface area (Å²) in [4.78, 5) is 29.5. The molecular weight excluding hydrogens is 621 g/mol. The second kappa shape index (κ2) is 14.6. The molecule has 2 fully saturated rings. The van der Waals surface area contributed by atoms with Crippen LogP contribution in [0.1, 0.15) is 43.4 Å². The molecule has 0 radical (unpaired) electrons. The average Bonchev–Trinajstić information content (AvgIpc) is 3.07. The van der Waals surface area contributed by atoms with Gasteiger partial charge in [0, 0.05) is 81.9 Å². The summed E-state index contributed by atoms with van der Waals surface area (Å²) in [5.74, 6) is 0.145. The highest BCUT2D eigenvalue weighted by atomic mass is 19.4. The Morgan fingerprint density at radius 3 is 2.38 bits per heavy atom. The predicted octanol–water partition coefficient (Wildman–Crippen LogP) is 5.62. The van der Waals surface area contributed by atoms with E-state index in [9.17, 15) is 18.0 Å². The fourth-order valence-corrected chi connectivity index (χ4v) is 6.68. The van der Waals surface area contributed by atoms with Crippen LogP contribution in [0.5, 0.6) is 5.75 Å². The molecule has 5 rings (SSSR count). The third-order valence-electron chi connectivity index (χ3n) is 9.41. The van der Waals surface area contributed by atoms with E-state index in [2.05, 4.69) is 42.3 Å². The first-order valence-corrected chi connectivity index (χ1v) is 16.4. The Morgan fingerprint density at radius 1 is 1.04 bits per heavy atom. The number of hydrogen-bond acceptors (Lipinski definition) is 10. The van der Waals surface area contributed by atoms with Crippen molar-refractivity contribution >= 4 is 35.1 Å². The van der Waals surface area contributed by atoms with Crippen LogP contribution in [0, 0.1) is 0 Å². The molecule has 2 aliphatic heterocycles. The number of alkyl halides is 3. The summed E-state index contributed by atoms with van der Waals surface area (Å²) in [6.45, 7) is 9.68. The van der Waals surface area contributed by atoms with Crippen LogP contribution in [0.25, 0.3) is 0 Å². The summed E-state index contributed by atoms with van der Waals surface area (Å²) in [5, 5.41) is 5.94. The number of halogens is 3. The van der Waals surface area contributed by atoms with Gasteiger partial charge in [-0.1, -0.05) is 12.1 Å². The number of piperazine rings is 1. The van der Waals surface area contributed by atoms with E-state index < -0.39 is 17.2 Å². The predicted molar refractivity (Wildman–Crippen MR) is 185 cm³/mol.